The van der Waals surface area contributed by atoms with Gasteiger partial charge in [-0.1, -0.05) is 24.4 Å². The summed E-state index contributed by atoms with van der Waals surface area (Å²) in [6, 6.07) is 3.29. The molecule has 1 aliphatic carbocycles. The second-order valence-electron chi connectivity index (χ2n) is 5.47. The van der Waals surface area contributed by atoms with Crippen LogP contribution < -0.4 is 4.90 Å². The minimum Gasteiger partial charge on any atom is -0.465 e. The second kappa shape index (κ2) is 6.48. The number of methoxy groups -OCH3 is 1. The van der Waals surface area contributed by atoms with Gasteiger partial charge in [0.2, 0.25) is 5.91 Å². The van der Waals surface area contributed by atoms with Crippen molar-refractivity contribution in [3.05, 3.63) is 28.3 Å². The number of hydrogen-bond acceptors (Lipinski definition) is 3. The Kier molecular flexibility index (Phi) is 4.88. The Bertz CT molecular complexity index is 565. The summed E-state index contributed by atoms with van der Waals surface area (Å²) in [7, 11) is 3.07. The van der Waals surface area contributed by atoms with Crippen molar-refractivity contribution in [1.29, 1.82) is 0 Å². The van der Waals surface area contributed by atoms with E-state index >= 15 is 0 Å². The summed E-state index contributed by atoms with van der Waals surface area (Å²) in [4.78, 5) is 25.9. The highest BCUT2D eigenvalue weighted by molar-refractivity contribution is 6.31. The van der Waals surface area contributed by atoms with Crippen LogP contribution in [0.1, 0.15) is 41.6 Å². The van der Waals surface area contributed by atoms with Crippen LogP contribution in [-0.4, -0.2) is 26.0 Å². The molecular formula is C16H20ClNO3. The topological polar surface area (TPSA) is 46.6 Å². The third-order valence-electron chi connectivity index (χ3n) is 4.15. The molecule has 21 heavy (non-hydrogen) atoms. The third-order valence-corrected chi connectivity index (χ3v) is 4.36. The van der Waals surface area contributed by atoms with E-state index in [1.807, 2.05) is 0 Å². The number of halogens is 1. The van der Waals surface area contributed by atoms with E-state index in [0.717, 1.165) is 25.7 Å². The van der Waals surface area contributed by atoms with E-state index in [4.69, 9.17) is 16.3 Å². The first kappa shape index (κ1) is 15.8. The number of anilines is 1. The Hall–Kier alpha value is -1.55. The fourth-order valence-corrected chi connectivity index (χ4v) is 3.11. The Morgan fingerprint density at radius 1 is 1.29 bits per heavy atom. The van der Waals surface area contributed by atoms with Crippen molar-refractivity contribution in [2.75, 3.05) is 19.1 Å². The summed E-state index contributed by atoms with van der Waals surface area (Å²) in [5.41, 5.74) is 1.77. The summed E-state index contributed by atoms with van der Waals surface area (Å²) >= 11 is 6.09. The number of nitrogens with zero attached hydrogens (tertiary/aromatic N) is 1. The van der Waals surface area contributed by atoms with Crippen LogP contribution in [0.3, 0.4) is 0 Å². The average molecular weight is 310 g/mol. The van der Waals surface area contributed by atoms with Crippen molar-refractivity contribution >= 4 is 29.2 Å². The molecule has 1 aromatic rings. The largest absolute Gasteiger partial charge is 0.465 e. The maximum atomic E-state index is 12.5. The number of carbonyl (C=O) groups is 2. The quantitative estimate of drug-likeness (QED) is 0.802. The molecule has 0 bridgehead atoms. The van der Waals surface area contributed by atoms with Crippen LogP contribution in [0.4, 0.5) is 5.69 Å². The lowest BCUT2D eigenvalue weighted by Crippen LogP contribution is -2.32. The van der Waals surface area contributed by atoms with Gasteiger partial charge in [0.1, 0.15) is 0 Å². The van der Waals surface area contributed by atoms with Crippen molar-refractivity contribution in [2.24, 2.45) is 5.92 Å². The van der Waals surface area contributed by atoms with Crippen molar-refractivity contribution < 1.29 is 14.3 Å². The van der Waals surface area contributed by atoms with Crippen molar-refractivity contribution in [1.82, 2.24) is 0 Å². The van der Waals surface area contributed by atoms with Gasteiger partial charge in [-0.05, 0) is 37.5 Å². The first-order chi connectivity index (χ1) is 9.95. The summed E-state index contributed by atoms with van der Waals surface area (Å²) < 4.78 is 4.77. The summed E-state index contributed by atoms with van der Waals surface area (Å²) in [5, 5.41) is 0.419. The molecule has 0 radical (unpaired) electrons. The molecule has 0 heterocycles. The summed E-state index contributed by atoms with van der Waals surface area (Å²) in [6.07, 6.45) is 4.08. The second-order valence-corrected chi connectivity index (χ2v) is 5.90. The first-order valence-corrected chi connectivity index (χ1v) is 7.49. The Balaban J connectivity index is 2.36. The summed E-state index contributed by atoms with van der Waals surface area (Å²) in [6.45, 7) is 1.80. The lowest BCUT2D eigenvalue weighted by molar-refractivity contribution is -0.121. The molecule has 0 aromatic heterocycles. The van der Waals surface area contributed by atoms with Gasteiger partial charge in [0, 0.05) is 23.7 Å². The predicted molar refractivity (Wildman–Crippen MR) is 82.9 cm³/mol. The smallest absolute Gasteiger partial charge is 0.338 e. The van der Waals surface area contributed by atoms with E-state index in [-0.39, 0.29) is 11.8 Å². The molecule has 4 nitrogen and oxygen atoms in total. The molecular weight excluding hydrogens is 290 g/mol. The van der Waals surface area contributed by atoms with E-state index in [1.165, 1.54) is 7.11 Å². The molecule has 1 aromatic carbocycles. The standard InChI is InChI=1S/C16H20ClNO3/c1-10-13(16(20)21-3)8-12(17)9-14(10)18(2)15(19)11-6-4-5-7-11/h8-9,11H,4-7H2,1-3H3. The molecule has 5 heteroatoms. The number of hydrogen-bond donors (Lipinski definition) is 0. The number of ether oxygens (including phenoxy) is 1. The van der Waals surface area contributed by atoms with Crippen LogP contribution >= 0.6 is 11.6 Å². The van der Waals surface area contributed by atoms with Gasteiger partial charge in [-0.15, -0.1) is 0 Å². The van der Waals surface area contributed by atoms with Crippen LogP contribution in [0.25, 0.3) is 0 Å². The fourth-order valence-electron chi connectivity index (χ4n) is 2.90. The molecule has 1 aliphatic rings. The zero-order chi connectivity index (χ0) is 15.6. The van der Waals surface area contributed by atoms with Gasteiger partial charge in [-0.2, -0.15) is 0 Å². The zero-order valence-electron chi connectivity index (χ0n) is 12.6. The van der Waals surface area contributed by atoms with Crippen molar-refractivity contribution in [2.45, 2.75) is 32.6 Å². The predicted octanol–water partition coefficient (Wildman–Crippen LogP) is 3.59. The molecule has 0 unspecified atom stereocenters. The monoisotopic (exact) mass is 309 g/mol. The number of amides is 1. The lowest BCUT2D eigenvalue weighted by Gasteiger charge is -2.24. The van der Waals surface area contributed by atoms with E-state index in [1.54, 1.807) is 31.0 Å². The highest BCUT2D eigenvalue weighted by atomic mass is 35.5. The minimum absolute atomic E-state index is 0.0787. The molecule has 0 aliphatic heterocycles. The number of benzene rings is 1. The van der Waals surface area contributed by atoms with Gasteiger partial charge in [-0.3, -0.25) is 4.79 Å². The molecule has 0 N–H and O–H groups in total. The molecule has 2 rings (SSSR count). The number of rotatable bonds is 3. The van der Waals surface area contributed by atoms with Gasteiger partial charge >= 0.3 is 5.97 Å². The molecule has 1 fully saturated rings. The average Bonchev–Trinajstić information content (AvgIpc) is 3.01. The molecule has 0 spiro atoms. The molecule has 0 atom stereocenters. The van der Waals surface area contributed by atoms with Crippen LogP contribution in [0.2, 0.25) is 5.02 Å². The maximum Gasteiger partial charge on any atom is 0.338 e. The van der Waals surface area contributed by atoms with Crippen LogP contribution in [-0.2, 0) is 9.53 Å². The fraction of sp³-hybridized carbons (Fsp3) is 0.500. The Morgan fingerprint density at radius 3 is 2.48 bits per heavy atom. The SMILES string of the molecule is COC(=O)c1cc(Cl)cc(N(C)C(=O)C2CCCC2)c1C. The van der Waals surface area contributed by atoms with Gasteiger partial charge in [0.15, 0.2) is 0 Å². The van der Waals surface area contributed by atoms with Crippen LogP contribution in [0, 0.1) is 12.8 Å². The van der Waals surface area contributed by atoms with Gasteiger partial charge < -0.3 is 9.64 Å². The number of carbonyl (C=O) groups excluding carboxylic acids is 2. The van der Waals surface area contributed by atoms with E-state index in [9.17, 15) is 9.59 Å². The zero-order valence-corrected chi connectivity index (χ0v) is 13.4. The van der Waals surface area contributed by atoms with Crippen LogP contribution in [0.15, 0.2) is 12.1 Å². The highest BCUT2D eigenvalue weighted by Crippen LogP contribution is 2.32. The van der Waals surface area contributed by atoms with Gasteiger partial charge in [0.25, 0.3) is 0 Å². The first-order valence-electron chi connectivity index (χ1n) is 7.11. The van der Waals surface area contributed by atoms with Gasteiger partial charge in [-0.25, -0.2) is 4.79 Å². The molecule has 1 saturated carbocycles. The maximum absolute atomic E-state index is 12.5. The van der Waals surface area contributed by atoms with E-state index in [0.29, 0.717) is 21.8 Å². The van der Waals surface area contributed by atoms with Crippen molar-refractivity contribution in [3.63, 3.8) is 0 Å². The highest BCUT2D eigenvalue weighted by Gasteiger charge is 2.27. The molecule has 0 saturated heterocycles. The molecule has 1 amide bonds. The van der Waals surface area contributed by atoms with Gasteiger partial charge in [0.05, 0.1) is 12.7 Å². The minimum atomic E-state index is -0.446. The van der Waals surface area contributed by atoms with E-state index in [2.05, 4.69) is 0 Å². The molecule has 114 valence electrons. The van der Waals surface area contributed by atoms with Crippen molar-refractivity contribution in [3.8, 4) is 0 Å². The van der Waals surface area contributed by atoms with E-state index < -0.39 is 5.97 Å². The Labute approximate surface area is 130 Å². The third kappa shape index (κ3) is 3.21. The lowest BCUT2D eigenvalue weighted by atomic mass is 10.0. The Morgan fingerprint density at radius 2 is 1.90 bits per heavy atom. The number of esters is 1. The normalized spacial score (nSPS) is 15.0. The van der Waals surface area contributed by atoms with Crippen LogP contribution in [0.5, 0.6) is 0 Å². The summed E-state index contributed by atoms with van der Waals surface area (Å²) in [5.74, 6) is -0.276.